The maximum atomic E-state index is 14.1. The van der Waals surface area contributed by atoms with Crippen LogP contribution in [0.4, 0.5) is 4.39 Å². The molecule has 2 aliphatic rings. The van der Waals surface area contributed by atoms with Crippen molar-refractivity contribution in [2.75, 3.05) is 13.2 Å². The third kappa shape index (κ3) is 5.22. The van der Waals surface area contributed by atoms with Crippen LogP contribution in [0.15, 0.2) is 48.5 Å². The minimum Gasteiger partial charge on any atom is -0.395 e. The van der Waals surface area contributed by atoms with Crippen molar-refractivity contribution in [3.63, 3.8) is 0 Å². The van der Waals surface area contributed by atoms with Crippen molar-refractivity contribution in [1.29, 1.82) is 0 Å². The zero-order valence-electron chi connectivity index (χ0n) is 20.0. The molecule has 2 aromatic carbocycles. The van der Waals surface area contributed by atoms with Gasteiger partial charge in [-0.3, -0.25) is 14.4 Å². The van der Waals surface area contributed by atoms with E-state index in [0.29, 0.717) is 24.8 Å². The number of nitrogens with zero attached hydrogens (tertiary/aromatic N) is 1. The number of halogens is 1. The molecule has 1 fully saturated rings. The molecule has 1 saturated heterocycles. The van der Waals surface area contributed by atoms with E-state index in [1.54, 1.807) is 0 Å². The number of nitrogens with one attached hydrogen (secondary N) is 2. The molecule has 7 nitrogen and oxygen atoms in total. The van der Waals surface area contributed by atoms with Crippen molar-refractivity contribution in [2.45, 2.75) is 51.2 Å². The molecular weight excluding hydrogens is 449 g/mol. The molecule has 1 heterocycles. The number of aliphatic hydroxyl groups is 1. The second-order valence-corrected chi connectivity index (χ2v) is 9.78. The Morgan fingerprint density at radius 1 is 1.11 bits per heavy atom. The fraction of sp³-hybridized carbons (Fsp3) is 0.444. The van der Waals surface area contributed by atoms with Crippen LogP contribution in [0, 0.1) is 17.7 Å². The van der Waals surface area contributed by atoms with Gasteiger partial charge in [0.2, 0.25) is 17.7 Å². The summed E-state index contributed by atoms with van der Waals surface area (Å²) in [5.41, 5.74) is 2.73. The molecule has 3 amide bonds. The first kappa shape index (κ1) is 24.9. The molecule has 0 unspecified atom stereocenters. The molecule has 4 rings (SSSR count). The number of carbonyl (C=O) groups excluding carboxylic acids is 3. The summed E-state index contributed by atoms with van der Waals surface area (Å²) in [5, 5.41) is 14.8. The zero-order chi connectivity index (χ0) is 25.1. The van der Waals surface area contributed by atoms with E-state index in [1.165, 1.54) is 29.2 Å². The lowest BCUT2D eigenvalue weighted by Crippen LogP contribution is -2.67. The lowest BCUT2D eigenvalue weighted by Gasteiger charge is -2.44. The number of benzene rings is 2. The topological polar surface area (TPSA) is 98.7 Å². The number of carbonyl (C=O) groups is 3. The predicted octanol–water partition coefficient (Wildman–Crippen LogP) is 2.13. The van der Waals surface area contributed by atoms with E-state index >= 15 is 0 Å². The van der Waals surface area contributed by atoms with Gasteiger partial charge in [-0.1, -0.05) is 50.2 Å². The fourth-order valence-electron chi connectivity index (χ4n) is 5.23. The highest BCUT2D eigenvalue weighted by Gasteiger charge is 2.49. The zero-order valence-corrected chi connectivity index (χ0v) is 20.0. The van der Waals surface area contributed by atoms with Gasteiger partial charge < -0.3 is 20.6 Å². The summed E-state index contributed by atoms with van der Waals surface area (Å²) in [7, 11) is 0. The van der Waals surface area contributed by atoms with Crippen LogP contribution in [-0.2, 0) is 27.2 Å². The molecular formula is C27H32FN3O4. The van der Waals surface area contributed by atoms with Gasteiger partial charge in [-0.05, 0) is 59.9 Å². The molecule has 35 heavy (non-hydrogen) atoms. The van der Waals surface area contributed by atoms with Crippen molar-refractivity contribution in [2.24, 2.45) is 11.8 Å². The highest BCUT2D eigenvalue weighted by Crippen LogP contribution is 2.35. The number of hydrogen-bond acceptors (Lipinski definition) is 4. The van der Waals surface area contributed by atoms with E-state index in [9.17, 15) is 23.9 Å². The van der Waals surface area contributed by atoms with E-state index in [1.807, 2.05) is 38.1 Å². The maximum absolute atomic E-state index is 14.1. The number of fused-ring (bicyclic) bond motifs is 1. The Bertz CT molecular complexity index is 1060. The third-order valence-electron chi connectivity index (χ3n) is 6.83. The van der Waals surface area contributed by atoms with Gasteiger partial charge in [-0.2, -0.15) is 0 Å². The van der Waals surface area contributed by atoms with Crippen LogP contribution in [0.5, 0.6) is 0 Å². The van der Waals surface area contributed by atoms with Gasteiger partial charge in [0, 0.05) is 6.54 Å². The van der Waals surface area contributed by atoms with Crippen LogP contribution in [0.2, 0.25) is 0 Å². The van der Waals surface area contributed by atoms with E-state index in [4.69, 9.17) is 0 Å². The molecule has 1 aliphatic carbocycles. The molecule has 0 saturated carbocycles. The lowest BCUT2D eigenvalue weighted by atomic mass is 9.88. The summed E-state index contributed by atoms with van der Waals surface area (Å²) in [5.74, 6) is -1.63. The Hall–Kier alpha value is -3.26. The van der Waals surface area contributed by atoms with E-state index in [0.717, 1.165) is 11.1 Å². The molecule has 0 spiro atoms. The first-order chi connectivity index (χ1) is 16.8. The minimum atomic E-state index is -1.13. The highest BCUT2D eigenvalue weighted by atomic mass is 19.1. The Balaban J connectivity index is 1.73. The second kappa shape index (κ2) is 10.6. The maximum Gasteiger partial charge on any atom is 0.247 e. The standard InChI is InChI=1S/C27H32FN3O4/c1-16(2)13-22-25(33)30-23(20-14-18-5-3-4-6-19(18)15-20)27(35)31(22)24(26(34)29-11-12-32)17-7-9-21(28)10-8-17/h3-10,16,20,22-24,32H,11-15H2,1-2H3,(H,29,34)(H,30,33)/t22-,23-,24-/m1/s1. The summed E-state index contributed by atoms with van der Waals surface area (Å²) in [6, 6.07) is 10.6. The van der Waals surface area contributed by atoms with Crippen molar-refractivity contribution >= 4 is 17.7 Å². The average molecular weight is 482 g/mol. The van der Waals surface area contributed by atoms with Crippen molar-refractivity contribution in [3.8, 4) is 0 Å². The van der Waals surface area contributed by atoms with Gasteiger partial charge in [0.05, 0.1) is 6.61 Å². The van der Waals surface area contributed by atoms with Crippen LogP contribution < -0.4 is 10.6 Å². The predicted molar refractivity (Wildman–Crippen MR) is 129 cm³/mol. The summed E-state index contributed by atoms with van der Waals surface area (Å²) >= 11 is 0. The lowest BCUT2D eigenvalue weighted by molar-refractivity contribution is -0.157. The van der Waals surface area contributed by atoms with Crippen molar-refractivity contribution in [3.05, 3.63) is 71.0 Å². The number of rotatable bonds is 8. The first-order valence-electron chi connectivity index (χ1n) is 12.1. The molecule has 8 heteroatoms. The molecule has 2 aromatic rings. The highest BCUT2D eigenvalue weighted by molar-refractivity contribution is 6.00. The molecule has 1 aliphatic heterocycles. The second-order valence-electron chi connectivity index (χ2n) is 9.78. The van der Waals surface area contributed by atoms with Gasteiger partial charge in [0.1, 0.15) is 23.9 Å². The van der Waals surface area contributed by atoms with Crippen LogP contribution in [0.1, 0.15) is 43.0 Å². The van der Waals surface area contributed by atoms with Crippen molar-refractivity contribution < 1.29 is 23.9 Å². The summed E-state index contributed by atoms with van der Waals surface area (Å²) in [6.45, 7) is 3.64. The molecule has 3 N–H and O–H groups in total. The smallest absolute Gasteiger partial charge is 0.247 e. The number of amides is 3. The van der Waals surface area contributed by atoms with Crippen LogP contribution >= 0.6 is 0 Å². The van der Waals surface area contributed by atoms with E-state index in [2.05, 4.69) is 10.6 Å². The number of piperazine rings is 1. The number of aliphatic hydroxyl groups excluding tert-OH is 1. The molecule has 0 radical (unpaired) electrons. The number of hydrogen-bond donors (Lipinski definition) is 3. The Morgan fingerprint density at radius 2 is 1.74 bits per heavy atom. The van der Waals surface area contributed by atoms with Gasteiger partial charge in [-0.15, -0.1) is 0 Å². The fourth-order valence-corrected chi connectivity index (χ4v) is 5.23. The van der Waals surface area contributed by atoms with Gasteiger partial charge in [-0.25, -0.2) is 4.39 Å². The summed E-state index contributed by atoms with van der Waals surface area (Å²) in [6.07, 6.45) is 1.70. The van der Waals surface area contributed by atoms with Crippen LogP contribution in [0.3, 0.4) is 0 Å². The van der Waals surface area contributed by atoms with Crippen LogP contribution in [-0.4, -0.2) is 53.0 Å². The van der Waals surface area contributed by atoms with Gasteiger partial charge in [0.15, 0.2) is 0 Å². The van der Waals surface area contributed by atoms with E-state index < -0.39 is 29.8 Å². The Kier molecular flexibility index (Phi) is 7.50. The van der Waals surface area contributed by atoms with Gasteiger partial charge >= 0.3 is 0 Å². The average Bonchev–Trinajstić information content (AvgIpc) is 3.26. The SMILES string of the molecule is CC(C)C[C@@H]1C(=O)N[C@H](C2Cc3ccccc3C2)C(=O)N1[C@@H](C(=O)NCCO)c1ccc(F)cc1. The van der Waals surface area contributed by atoms with E-state index in [-0.39, 0.29) is 36.8 Å². The van der Waals surface area contributed by atoms with Gasteiger partial charge in [0.25, 0.3) is 0 Å². The third-order valence-corrected chi connectivity index (χ3v) is 6.83. The molecule has 0 bridgehead atoms. The molecule has 0 aromatic heterocycles. The molecule has 186 valence electrons. The Labute approximate surface area is 204 Å². The Morgan fingerprint density at radius 3 is 2.31 bits per heavy atom. The minimum absolute atomic E-state index is 0.000957. The van der Waals surface area contributed by atoms with Crippen LogP contribution in [0.25, 0.3) is 0 Å². The normalized spacial score (nSPS) is 21.1. The largest absolute Gasteiger partial charge is 0.395 e. The van der Waals surface area contributed by atoms with Crippen molar-refractivity contribution in [1.82, 2.24) is 15.5 Å². The first-order valence-corrected chi connectivity index (χ1v) is 12.1. The molecule has 3 atom stereocenters. The summed E-state index contributed by atoms with van der Waals surface area (Å²) in [4.78, 5) is 42.2. The summed E-state index contributed by atoms with van der Waals surface area (Å²) < 4.78 is 13.7. The monoisotopic (exact) mass is 481 g/mol. The quantitative estimate of drug-likeness (QED) is 0.538.